The van der Waals surface area contributed by atoms with E-state index < -0.39 is 26.3 Å². The Bertz CT molecular complexity index is 821. The van der Waals surface area contributed by atoms with Crippen molar-refractivity contribution >= 4 is 25.3 Å². The summed E-state index contributed by atoms with van der Waals surface area (Å²) in [5.74, 6) is 0.773. The van der Waals surface area contributed by atoms with Gasteiger partial charge in [0.2, 0.25) is 0 Å². The SMILES string of the molecule is CC(C)OP(=O)(O)OCC1OC(n2cnc3c2N=C(N)CC3=O)CC1C(C)C. The summed E-state index contributed by atoms with van der Waals surface area (Å²) in [7, 11) is -4.16. The average molecular weight is 414 g/mol. The second kappa shape index (κ2) is 8.04. The number of carbonyl (C=O) groups is 1. The quantitative estimate of drug-likeness (QED) is 0.649. The molecule has 0 aliphatic carbocycles. The van der Waals surface area contributed by atoms with E-state index in [1.165, 1.54) is 6.33 Å². The number of Topliss-reactive ketones (excluding diaryl/α,β-unsaturated/α-hetero) is 1. The molecule has 4 atom stereocenters. The summed E-state index contributed by atoms with van der Waals surface area (Å²) in [5.41, 5.74) is 6.04. The molecule has 0 bridgehead atoms. The summed E-state index contributed by atoms with van der Waals surface area (Å²) in [6.07, 6.45) is 0.923. The molecule has 0 saturated carbocycles. The number of hydrogen-bond donors (Lipinski definition) is 2. The Labute approximate surface area is 163 Å². The number of phosphoric acid groups is 1. The number of ketones is 1. The molecular weight excluding hydrogens is 387 g/mol. The van der Waals surface area contributed by atoms with Crippen molar-refractivity contribution in [3.05, 3.63) is 12.0 Å². The van der Waals surface area contributed by atoms with Crippen LogP contribution < -0.4 is 5.73 Å². The third kappa shape index (κ3) is 4.52. The Hall–Kier alpha value is -1.58. The monoisotopic (exact) mass is 414 g/mol. The molecule has 3 rings (SSSR count). The van der Waals surface area contributed by atoms with E-state index in [4.69, 9.17) is 19.5 Å². The number of rotatable bonds is 7. The summed E-state index contributed by atoms with van der Waals surface area (Å²) >= 11 is 0. The second-order valence-corrected chi connectivity index (χ2v) is 9.12. The molecule has 28 heavy (non-hydrogen) atoms. The average Bonchev–Trinajstić information content (AvgIpc) is 3.15. The van der Waals surface area contributed by atoms with E-state index >= 15 is 0 Å². The molecule has 0 aromatic carbocycles. The lowest BCUT2D eigenvalue weighted by Crippen LogP contribution is -2.26. The minimum atomic E-state index is -4.16. The normalized spacial score (nSPS) is 27.2. The number of nitrogens with zero attached hydrogens (tertiary/aromatic N) is 3. The Morgan fingerprint density at radius 1 is 1.43 bits per heavy atom. The van der Waals surface area contributed by atoms with Crippen LogP contribution in [0.3, 0.4) is 0 Å². The van der Waals surface area contributed by atoms with E-state index in [0.717, 1.165) is 0 Å². The lowest BCUT2D eigenvalue weighted by molar-refractivity contribution is -0.0357. The molecule has 3 N–H and O–H groups in total. The zero-order chi connectivity index (χ0) is 20.6. The number of imidazole rings is 1. The van der Waals surface area contributed by atoms with Crippen LogP contribution in [0, 0.1) is 11.8 Å². The third-order valence-corrected chi connectivity index (χ3v) is 5.98. The van der Waals surface area contributed by atoms with E-state index in [1.807, 2.05) is 0 Å². The Balaban J connectivity index is 1.76. The highest BCUT2D eigenvalue weighted by atomic mass is 31.2. The van der Waals surface area contributed by atoms with E-state index in [1.54, 1.807) is 18.4 Å². The highest BCUT2D eigenvalue weighted by Gasteiger charge is 2.41. The molecule has 1 saturated heterocycles. The standard InChI is InChI=1S/C17H27N4O6P/c1-9(2)11-5-15(26-13(11)7-25-28(23,24)27-10(3)4)21-8-19-16-12(22)6-14(18)20-17(16)21/h8-11,13,15H,5-7H2,1-4H3,(H2,18,20)(H,23,24). The molecule has 10 nitrogen and oxygen atoms in total. The van der Waals surface area contributed by atoms with Gasteiger partial charge in [-0.1, -0.05) is 13.8 Å². The van der Waals surface area contributed by atoms with Crippen molar-refractivity contribution in [1.82, 2.24) is 9.55 Å². The van der Waals surface area contributed by atoms with Crippen LogP contribution in [-0.2, 0) is 18.3 Å². The highest BCUT2D eigenvalue weighted by Crippen LogP contribution is 2.47. The summed E-state index contributed by atoms with van der Waals surface area (Å²) in [5, 5.41) is 0. The van der Waals surface area contributed by atoms with Gasteiger partial charge in [0.25, 0.3) is 0 Å². The van der Waals surface area contributed by atoms with Gasteiger partial charge in [-0.25, -0.2) is 14.5 Å². The maximum absolute atomic E-state index is 12.1. The van der Waals surface area contributed by atoms with E-state index in [0.29, 0.717) is 12.2 Å². The molecule has 3 heterocycles. The first-order valence-electron chi connectivity index (χ1n) is 9.31. The number of hydrogen-bond acceptors (Lipinski definition) is 8. The van der Waals surface area contributed by atoms with Gasteiger partial charge in [0.05, 0.1) is 31.6 Å². The molecule has 1 aromatic rings. The molecule has 2 aliphatic rings. The number of ether oxygens (including phenoxy) is 1. The van der Waals surface area contributed by atoms with Gasteiger partial charge in [0, 0.05) is 0 Å². The van der Waals surface area contributed by atoms with Crippen LogP contribution in [0.15, 0.2) is 11.3 Å². The van der Waals surface area contributed by atoms with Gasteiger partial charge in [-0.3, -0.25) is 18.4 Å². The van der Waals surface area contributed by atoms with Gasteiger partial charge < -0.3 is 15.4 Å². The van der Waals surface area contributed by atoms with Crippen molar-refractivity contribution in [3.63, 3.8) is 0 Å². The molecule has 0 spiro atoms. The molecule has 4 unspecified atom stereocenters. The van der Waals surface area contributed by atoms with Crippen LogP contribution in [0.5, 0.6) is 0 Å². The number of fused-ring (bicyclic) bond motifs is 1. The van der Waals surface area contributed by atoms with Crippen LogP contribution in [-0.4, -0.2) is 44.9 Å². The van der Waals surface area contributed by atoms with Gasteiger partial charge in [-0.05, 0) is 32.1 Å². The molecule has 11 heteroatoms. The Kier molecular flexibility index (Phi) is 6.07. The molecule has 0 amide bonds. The topological polar surface area (TPSA) is 138 Å². The van der Waals surface area contributed by atoms with Crippen LogP contribution >= 0.6 is 7.82 Å². The van der Waals surface area contributed by atoms with Gasteiger partial charge in [-0.15, -0.1) is 0 Å². The Morgan fingerprint density at radius 2 is 2.14 bits per heavy atom. The van der Waals surface area contributed by atoms with Crippen molar-refractivity contribution in [2.24, 2.45) is 22.6 Å². The van der Waals surface area contributed by atoms with Crippen LogP contribution in [0.4, 0.5) is 5.82 Å². The summed E-state index contributed by atoms with van der Waals surface area (Å²) in [6.45, 7) is 7.33. The van der Waals surface area contributed by atoms with Crippen LogP contribution in [0.25, 0.3) is 0 Å². The Morgan fingerprint density at radius 3 is 2.79 bits per heavy atom. The number of aliphatic imine (C=N–C) groups is 1. The lowest BCUT2D eigenvalue weighted by Gasteiger charge is -2.23. The summed E-state index contributed by atoms with van der Waals surface area (Å²) in [4.78, 5) is 30.3. The summed E-state index contributed by atoms with van der Waals surface area (Å²) < 4.78 is 29.9. The number of carbonyl (C=O) groups excluding carboxylic acids is 1. The predicted molar refractivity (Wildman–Crippen MR) is 101 cm³/mol. The number of amidine groups is 1. The highest BCUT2D eigenvalue weighted by molar-refractivity contribution is 7.47. The summed E-state index contributed by atoms with van der Waals surface area (Å²) in [6, 6.07) is 0. The smallest absolute Gasteiger partial charge is 0.387 e. The minimum Gasteiger partial charge on any atom is -0.387 e. The maximum Gasteiger partial charge on any atom is 0.472 e. The molecular formula is C17H27N4O6P. The number of phosphoric ester groups is 1. The zero-order valence-corrected chi connectivity index (χ0v) is 17.3. The largest absolute Gasteiger partial charge is 0.472 e. The first kappa shape index (κ1) is 21.1. The maximum atomic E-state index is 12.1. The van der Waals surface area contributed by atoms with Gasteiger partial charge in [0.1, 0.15) is 12.1 Å². The molecule has 0 radical (unpaired) electrons. The molecule has 1 aromatic heterocycles. The van der Waals surface area contributed by atoms with Crippen LogP contribution in [0.1, 0.15) is 57.3 Å². The van der Waals surface area contributed by atoms with E-state index in [9.17, 15) is 14.3 Å². The van der Waals surface area contributed by atoms with Crippen molar-refractivity contribution in [2.75, 3.05) is 6.61 Å². The fourth-order valence-corrected chi connectivity index (χ4v) is 4.48. The second-order valence-electron chi connectivity index (χ2n) is 7.72. The lowest BCUT2D eigenvalue weighted by atomic mass is 9.89. The van der Waals surface area contributed by atoms with Crippen molar-refractivity contribution < 1.29 is 28.0 Å². The fraction of sp³-hybridized carbons (Fsp3) is 0.706. The third-order valence-electron chi connectivity index (χ3n) is 4.82. The number of aromatic nitrogens is 2. The van der Waals surface area contributed by atoms with Crippen molar-refractivity contribution in [2.45, 2.75) is 59.0 Å². The first-order chi connectivity index (χ1) is 13.1. The minimum absolute atomic E-state index is 0.0578. The fourth-order valence-electron chi connectivity index (χ4n) is 3.55. The molecule has 2 aliphatic heterocycles. The zero-order valence-electron chi connectivity index (χ0n) is 16.4. The van der Waals surface area contributed by atoms with E-state index in [2.05, 4.69) is 23.8 Å². The first-order valence-corrected chi connectivity index (χ1v) is 10.8. The van der Waals surface area contributed by atoms with Gasteiger partial charge in [-0.2, -0.15) is 0 Å². The van der Waals surface area contributed by atoms with E-state index in [-0.39, 0.29) is 42.2 Å². The number of nitrogens with two attached hydrogens (primary N) is 1. The molecule has 156 valence electrons. The van der Waals surface area contributed by atoms with Gasteiger partial charge >= 0.3 is 7.82 Å². The van der Waals surface area contributed by atoms with Crippen LogP contribution in [0.2, 0.25) is 0 Å². The predicted octanol–water partition coefficient (Wildman–Crippen LogP) is 2.56. The van der Waals surface area contributed by atoms with Crippen molar-refractivity contribution in [1.29, 1.82) is 0 Å². The molecule has 1 fully saturated rings. The van der Waals surface area contributed by atoms with Crippen molar-refractivity contribution in [3.8, 4) is 0 Å². The van der Waals surface area contributed by atoms with Gasteiger partial charge in [0.15, 0.2) is 17.3 Å².